The molecule has 1 saturated heterocycles. The molecule has 1 heterocycles. The van der Waals surface area contributed by atoms with E-state index in [4.69, 9.17) is 9.47 Å². The number of benzene rings is 1. The molecule has 0 radical (unpaired) electrons. The van der Waals surface area contributed by atoms with Gasteiger partial charge < -0.3 is 9.47 Å². The van der Waals surface area contributed by atoms with Gasteiger partial charge in [0.15, 0.2) is 5.92 Å². The molecule has 0 aromatic heterocycles. The number of esters is 2. The van der Waals surface area contributed by atoms with E-state index in [1.54, 1.807) is 13.8 Å². The lowest BCUT2D eigenvalue weighted by Gasteiger charge is -2.41. The first-order valence-corrected chi connectivity index (χ1v) is 9.07. The third-order valence-corrected chi connectivity index (χ3v) is 4.88. The molecule has 26 heavy (non-hydrogen) atoms. The molecule has 0 N–H and O–H groups in total. The number of hydrogen-bond donors (Lipinski definition) is 0. The topological polar surface area (TPSA) is 79.6 Å². The summed E-state index contributed by atoms with van der Waals surface area (Å²) in [6, 6.07) is 12.1. The van der Waals surface area contributed by atoms with Crippen molar-refractivity contribution in [3.63, 3.8) is 0 Å². The van der Waals surface area contributed by atoms with E-state index in [-0.39, 0.29) is 13.2 Å². The minimum atomic E-state index is -1.14. The minimum Gasteiger partial charge on any atom is -0.466 e. The van der Waals surface area contributed by atoms with Crippen molar-refractivity contribution in [2.24, 2.45) is 11.3 Å². The number of rotatable bonds is 7. The van der Waals surface area contributed by atoms with Crippen molar-refractivity contribution in [3.05, 3.63) is 35.9 Å². The van der Waals surface area contributed by atoms with Crippen LogP contribution in [0.1, 0.15) is 32.3 Å². The van der Waals surface area contributed by atoms with Gasteiger partial charge >= 0.3 is 11.9 Å². The summed E-state index contributed by atoms with van der Waals surface area (Å²) in [5.74, 6) is -2.25. The molecule has 6 heteroatoms. The summed E-state index contributed by atoms with van der Waals surface area (Å²) in [6.45, 7) is 5.81. The number of likely N-dealkylation sites (tertiary alicyclic amines) is 1. The Balaban J connectivity index is 2.16. The maximum atomic E-state index is 12.7. The van der Waals surface area contributed by atoms with Crippen molar-refractivity contribution in [1.82, 2.24) is 4.90 Å². The first-order chi connectivity index (χ1) is 12.6. The van der Waals surface area contributed by atoms with Gasteiger partial charge in [-0.1, -0.05) is 30.3 Å². The number of hydrogen-bond acceptors (Lipinski definition) is 6. The van der Waals surface area contributed by atoms with Gasteiger partial charge in [0.2, 0.25) is 0 Å². The number of carbonyl (C=O) groups is 2. The van der Waals surface area contributed by atoms with Crippen LogP contribution in [0.3, 0.4) is 0 Å². The van der Waals surface area contributed by atoms with E-state index in [2.05, 4.69) is 17.0 Å². The molecule has 140 valence electrons. The molecule has 0 aliphatic carbocycles. The Morgan fingerprint density at radius 2 is 1.77 bits per heavy atom. The van der Waals surface area contributed by atoms with Crippen LogP contribution in [0.5, 0.6) is 0 Å². The average molecular weight is 358 g/mol. The molecule has 1 aromatic rings. The van der Waals surface area contributed by atoms with Gasteiger partial charge in [-0.3, -0.25) is 14.5 Å². The average Bonchev–Trinajstić information content (AvgIpc) is 2.65. The predicted molar refractivity (Wildman–Crippen MR) is 95.8 cm³/mol. The van der Waals surface area contributed by atoms with Gasteiger partial charge in [0.1, 0.15) is 0 Å². The SMILES string of the molecule is CCOC(=O)C(C#N)C1(C(=O)OCC)CCN(Cc2ccccc2)CC1. The molecular formula is C20H26N2O4. The second-order valence-electron chi connectivity index (χ2n) is 6.45. The highest BCUT2D eigenvalue weighted by Gasteiger charge is 2.53. The van der Waals surface area contributed by atoms with Crippen LogP contribution >= 0.6 is 0 Å². The monoisotopic (exact) mass is 358 g/mol. The zero-order chi connectivity index (χ0) is 19.0. The van der Waals surface area contributed by atoms with E-state index in [0.29, 0.717) is 25.9 Å². The van der Waals surface area contributed by atoms with Crippen LogP contribution in [0.15, 0.2) is 30.3 Å². The normalized spacial score (nSPS) is 17.7. The molecule has 1 atom stereocenters. The Hall–Kier alpha value is -2.39. The third kappa shape index (κ3) is 4.41. The lowest BCUT2D eigenvalue weighted by Crippen LogP contribution is -2.51. The van der Waals surface area contributed by atoms with E-state index in [0.717, 1.165) is 6.54 Å². The molecule has 0 saturated carbocycles. The van der Waals surface area contributed by atoms with Crippen LogP contribution in [0.2, 0.25) is 0 Å². The number of piperidine rings is 1. The summed E-state index contributed by atoms with van der Waals surface area (Å²) in [7, 11) is 0. The zero-order valence-corrected chi connectivity index (χ0v) is 15.4. The van der Waals surface area contributed by atoms with E-state index in [1.165, 1.54) is 5.56 Å². The first-order valence-electron chi connectivity index (χ1n) is 9.07. The highest BCUT2D eigenvalue weighted by Crippen LogP contribution is 2.41. The highest BCUT2D eigenvalue weighted by atomic mass is 16.5. The van der Waals surface area contributed by atoms with Crippen LogP contribution in [-0.2, 0) is 25.6 Å². The van der Waals surface area contributed by atoms with Crippen LogP contribution in [0.25, 0.3) is 0 Å². The number of ether oxygens (including phenoxy) is 2. The summed E-state index contributed by atoms with van der Waals surface area (Å²) in [5, 5.41) is 9.59. The molecule has 1 aromatic carbocycles. The van der Waals surface area contributed by atoms with Gasteiger partial charge in [-0.25, -0.2) is 0 Å². The van der Waals surface area contributed by atoms with Crippen LogP contribution < -0.4 is 0 Å². The summed E-state index contributed by atoms with van der Waals surface area (Å²) in [6.07, 6.45) is 0.797. The standard InChI is InChI=1S/C20H26N2O4/c1-3-25-18(23)17(14-21)20(19(24)26-4-2)10-12-22(13-11-20)15-16-8-6-5-7-9-16/h5-9,17H,3-4,10-13,15H2,1-2H3. The second-order valence-corrected chi connectivity index (χ2v) is 6.45. The van der Waals surface area contributed by atoms with E-state index in [1.807, 2.05) is 24.3 Å². The van der Waals surface area contributed by atoms with Gasteiger partial charge in [0.25, 0.3) is 0 Å². The van der Waals surface area contributed by atoms with Crippen LogP contribution in [0, 0.1) is 22.7 Å². The largest absolute Gasteiger partial charge is 0.466 e. The van der Waals surface area contributed by atoms with Gasteiger partial charge in [-0.15, -0.1) is 0 Å². The number of carbonyl (C=O) groups excluding carboxylic acids is 2. The molecule has 0 amide bonds. The smallest absolute Gasteiger partial charge is 0.324 e. The van der Waals surface area contributed by atoms with Crippen molar-refractivity contribution in [2.45, 2.75) is 33.2 Å². The molecule has 6 nitrogen and oxygen atoms in total. The second kappa shape index (κ2) is 9.35. The molecule has 1 aliphatic heterocycles. The maximum Gasteiger partial charge on any atom is 0.324 e. The van der Waals surface area contributed by atoms with Gasteiger partial charge in [-0.2, -0.15) is 5.26 Å². The van der Waals surface area contributed by atoms with E-state index in [9.17, 15) is 14.9 Å². The quantitative estimate of drug-likeness (QED) is 0.697. The van der Waals surface area contributed by atoms with E-state index < -0.39 is 23.3 Å². The van der Waals surface area contributed by atoms with Gasteiger partial charge in [0.05, 0.1) is 24.7 Å². The van der Waals surface area contributed by atoms with Crippen molar-refractivity contribution in [1.29, 1.82) is 5.26 Å². The van der Waals surface area contributed by atoms with Gasteiger partial charge in [-0.05, 0) is 45.3 Å². The first kappa shape index (κ1) is 19.9. The Morgan fingerprint density at radius 1 is 1.15 bits per heavy atom. The molecule has 0 spiro atoms. The lowest BCUT2D eigenvalue weighted by molar-refractivity contribution is -0.170. The Labute approximate surface area is 154 Å². The predicted octanol–water partition coefficient (Wildman–Crippen LogP) is 2.53. The number of nitriles is 1. The fraction of sp³-hybridized carbons (Fsp3) is 0.550. The Bertz CT molecular complexity index is 646. The molecule has 0 bridgehead atoms. The zero-order valence-electron chi connectivity index (χ0n) is 15.4. The Kier molecular flexibility index (Phi) is 7.16. The Morgan fingerprint density at radius 3 is 2.31 bits per heavy atom. The fourth-order valence-corrected chi connectivity index (χ4v) is 3.46. The highest BCUT2D eigenvalue weighted by molar-refractivity contribution is 5.87. The molecule has 2 rings (SSSR count). The minimum absolute atomic E-state index is 0.177. The van der Waals surface area contributed by atoms with Crippen molar-refractivity contribution < 1.29 is 19.1 Å². The van der Waals surface area contributed by atoms with Crippen molar-refractivity contribution in [3.8, 4) is 6.07 Å². The summed E-state index contributed by atoms with van der Waals surface area (Å²) < 4.78 is 10.3. The van der Waals surface area contributed by atoms with Crippen molar-refractivity contribution in [2.75, 3.05) is 26.3 Å². The summed E-state index contributed by atoms with van der Waals surface area (Å²) >= 11 is 0. The van der Waals surface area contributed by atoms with Crippen LogP contribution in [0.4, 0.5) is 0 Å². The van der Waals surface area contributed by atoms with Gasteiger partial charge in [0, 0.05) is 6.54 Å². The summed E-state index contributed by atoms with van der Waals surface area (Å²) in [5.41, 5.74) is 0.0582. The number of nitrogens with zero attached hydrogens (tertiary/aromatic N) is 2. The summed E-state index contributed by atoms with van der Waals surface area (Å²) in [4.78, 5) is 27.2. The van der Waals surface area contributed by atoms with Crippen molar-refractivity contribution >= 4 is 11.9 Å². The van der Waals surface area contributed by atoms with Crippen LogP contribution in [-0.4, -0.2) is 43.1 Å². The molecule has 1 unspecified atom stereocenters. The van der Waals surface area contributed by atoms with E-state index >= 15 is 0 Å². The molecule has 1 fully saturated rings. The maximum absolute atomic E-state index is 12.7. The fourth-order valence-electron chi connectivity index (χ4n) is 3.46. The lowest BCUT2D eigenvalue weighted by atomic mass is 9.69. The molecule has 1 aliphatic rings. The molecular weight excluding hydrogens is 332 g/mol. The third-order valence-electron chi connectivity index (χ3n) is 4.88.